The van der Waals surface area contributed by atoms with E-state index in [-0.39, 0.29) is 0 Å². The van der Waals surface area contributed by atoms with Crippen molar-refractivity contribution in [2.24, 2.45) is 0 Å². The summed E-state index contributed by atoms with van der Waals surface area (Å²) in [5, 5.41) is 0. The molecule has 1 fully saturated rings. The van der Waals surface area contributed by atoms with Crippen LogP contribution in [-0.2, 0) is 4.79 Å². The summed E-state index contributed by atoms with van der Waals surface area (Å²) in [6, 6.07) is 10.1. The highest BCUT2D eigenvalue weighted by atomic mass is 16.2. The average molecular weight is 269 g/mol. The highest BCUT2D eigenvalue weighted by Gasteiger charge is 2.15. The molecule has 0 unspecified atom stereocenters. The Balaban J connectivity index is 1.64. The van der Waals surface area contributed by atoms with Gasteiger partial charge in [-0.1, -0.05) is 36.5 Å². The molecule has 0 saturated carbocycles. The van der Waals surface area contributed by atoms with Gasteiger partial charge in [0.1, 0.15) is 0 Å². The van der Waals surface area contributed by atoms with Crippen molar-refractivity contribution in [2.45, 2.75) is 44.9 Å². The Bertz CT molecular complexity index is 469. The lowest BCUT2D eigenvalue weighted by atomic mass is 10.2. The molecule has 2 heteroatoms. The van der Waals surface area contributed by atoms with Gasteiger partial charge in [-0.3, -0.25) is 4.79 Å². The van der Waals surface area contributed by atoms with Gasteiger partial charge < -0.3 is 4.90 Å². The molecule has 0 aliphatic carbocycles. The number of hydrogen-bond acceptors (Lipinski definition) is 1. The normalized spacial score (nSPS) is 15.4. The number of hydrogen-bond donors (Lipinski definition) is 0. The highest BCUT2D eigenvalue weighted by molar-refractivity contribution is 5.76. The van der Waals surface area contributed by atoms with Crippen molar-refractivity contribution in [3.05, 3.63) is 35.9 Å². The van der Waals surface area contributed by atoms with E-state index in [1.54, 1.807) is 0 Å². The number of rotatable bonds is 4. The average Bonchev–Trinajstić information content (AvgIpc) is 2.69. The minimum absolute atomic E-state index is 0.345. The predicted octanol–water partition coefficient (Wildman–Crippen LogP) is 3.61. The second-order valence-corrected chi connectivity index (χ2v) is 5.32. The van der Waals surface area contributed by atoms with Gasteiger partial charge in [0.15, 0.2) is 0 Å². The van der Waals surface area contributed by atoms with Gasteiger partial charge in [-0.15, -0.1) is 0 Å². The van der Waals surface area contributed by atoms with Gasteiger partial charge >= 0.3 is 0 Å². The second-order valence-electron chi connectivity index (χ2n) is 5.32. The molecule has 1 aromatic rings. The van der Waals surface area contributed by atoms with Gasteiger partial charge in [0.25, 0.3) is 0 Å². The van der Waals surface area contributed by atoms with Crippen molar-refractivity contribution in [1.29, 1.82) is 0 Å². The van der Waals surface area contributed by atoms with E-state index in [1.165, 1.54) is 12.8 Å². The van der Waals surface area contributed by atoms with Crippen molar-refractivity contribution in [1.82, 2.24) is 4.90 Å². The van der Waals surface area contributed by atoms with Crippen LogP contribution in [-0.4, -0.2) is 23.9 Å². The molecule has 0 aromatic heterocycles. The number of likely N-dealkylation sites (tertiary alicyclic amines) is 1. The van der Waals surface area contributed by atoms with Crippen molar-refractivity contribution in [3.63, 3.8) is 0 Å². The van der Waals surface area contributed by atoms with Crippen molar-refractivity contribution in [2.75, 3.05) is 13.1 Å². The second kappa shape index (κ2) is 8.43. The van der Waals surface area contributed by atoms with Crippen LogP contribution in [0.25, 0.3) is 0 Å². The Kier molecular flexibility index (Phi) is 6.17. The van der Waals surface area contributed by atoms with E-state index in [9.17, 15) is 4.79 Å². The Morgan fingerprint density at radius 1 is 1.05 bits per heavy atom. The van der Waals surface area contributed by atoms with E-state index in [4.69, 9.17) is 0 Å². The third-order valence-corrected chi connectivity index (χ3v) is 3.66. The fourth-order valence-corrected chi connectivity index (χ4v) is 2.48. The van der Waals surface area contributed by atoms with Gasteiger partial charge in [0.2, 0.25) is 5.91 Å². The third-order valence-electron chi connectivity index (χ3n) is 3.66. The molecule has 106 valence electrons. The minimum atomic E-state index is 0.345. The van der Waals surface area contributed by atoms with Gasteiger partial charge in [0, 0.05) is 31.5 Å². The predicted molar refractivity (Wildman–Crippen MR) is 82.2 cm³/mol. The quantitative estimate of drug-likeness (QED) is 0.604. The van der Waals surface area contributed by atoms with E-state index >= 15 is 0 Å². The SMILES string of the molecule is O=C1CCCCCN1CCCCC#Cc1ccccc1. The number of unbranched alkanes of at least 4 members (excludes halogenated alkanes) is 2. The lowest BCUT2D eigenvalue weighted by Gasteiger charge is -2.19. The summed E-state index contributed by atoms with van der Waals surface area (Å²) >= 11 is 0. The summed E-state index contributed by atoms with van der Waals surface area (Å²) in [6.45, 7) is 1.86. The first-order chi connectivity index (χ1) is 9.86. The van der Waals surface area contributed by atoms with Crippen LogP contribution in [0.5, 0.6) is 0 Å². The van der Waals surface area contributed by atoms with Crippen LogP contribution in [0.3, 0.4) is 0 Å². The van der Waals surface area contributed by atoms with Gasteiger partial charge in [-0.2, -0.15) is 0 Å². The molecule has 0 spiro atoms. The maximum absolute atomic E-state index is 11.8. The number of carbonyl (C=O) groups excluding carboxylic acids is 1. The summed E-state index contributed by atoms with van der Waals surface area (Å²) in [5.74, 6) is 6.73. The van der Waals surface area contributed by atoms with Gasteiger partial charge in [-0.25, -0.2) is 0 Å². The molecule has 1 amide bonds. The largest absolute Gasteiger partial charge is 0.343 e. The van der Waals surface area contributed by atoms with Crippen LogP contribution >= 0.6 is 0 Å². The number of carbonyl (C=O) groups is 1. The molecule has 1 heterocycles. The first-order valence-electron chi connectivity index (χ1n) is 7.68. The molecule has 0 bridgehead atoms. The molecular weight excluding hydrogens is 246 g/mol. The van der Waals surface area contributed by atoms with Crippen LogP contribution in [0.4, 0.5) is 0 Å². The molecule has 1 aromatic carbocycles. The summed E-state index contributed by atoms with van der Waals surface area (Å²) in [7, 11) is 0. The fourth-order valence-electron chi connectivity index (χ4n) is 2.48. The monoisotopic (exact) mass is 269 g/mol. The lowest BCUT2D eigenvalue weighted by Crippen LogP contribution is -2.31. The van der Waals surface area contributed by atoms with Crippen LogP contribution in [0.2, 0.25) is 0 Å². The van der Waals surface area contributed by atoms with E-state index in [0.29, 0.717) is 5.91 Å². The molecule has 1 saturated heterocycles. The summed E-state index contributed by atoms with van der Waals surface area (Å²) in [5.41, 5.74) is 1.08. The Hall–Kier alpha value is -1.75. The molecule has 0 radical (unpaired) electrons. The molecule has 2 nitrogen and oxygen atoms in total. The topological polar surface area (TPSA) is 20.3 Å². The van der Waals surface area contributed by atoms with Crippen LogP contribution < -0.4 is 0 Å². The minimum Gasteiger partial charge on any atom is -0.343 e. The highest BCUT2D eigenvalue weighted by Crippen LogP contribution is 2.12. The number of amides is 1. The van der Waals surface area contributed by atoms with E-state index in [2.05, 4.69) is 11.8 Å². The maximum atomic E-state index is 11.8. The van der Waals surface area contributed by atoms with Crippen LogP contribution in [0.1, 0.15) is 50.5 Å². The maximum Gasteiger partial charge on any atom is 0.222 e. The number of benzene rings is 1. The van der Waals surface area contributed by atoms with E-state index in [1.807, 2.05) is 35.2 Å². The zero-order valence-electron chi connectivity index (χ0n) is 12.1. The van der Waals surface area contributed by atoms with Crippen LogP contribution in [0.15, 0.2) is 30.3 Å². The first kappa shape index (κ1) is 14.7. The van der Waals surface area contributed by atoms with Crippen molar-refractivity contribution < 1.29 is 4.79 Å². The van der Waals surface area contributed by atoms with E-state index in [0.717, 1.165) is 50.8 Å². The first-order valence-corrected chi connectivity index (χ1v) is 7.68. The molecule has 20 heavy (non-hydrogen) atoms. The fraction of sp³-hybridized carbons (Fsp3) is 0.500. The van der Waals surface area contributed by atoms with Gasteiger partial charge in [-0.05, 0) is 37.8 Å². The lowest BCUT2D eigenvalue weighted by molar-refractivity contribution is -0.130. The zero-order valence-corrected chi connectivity index (χ0v) is 12.1. The zero-order chi connectivity index (χ0) is 14.0. The van der Waals surface area contributed by atoms with E-state index < -0.39 is 0 Å². The summed E-state index contributed by atoms with van der Waals surface area (Å²) in [6.07, 6.45) is 7.23. The Morgan fingerprint density at radius 3 is 2.75 bits per heavy atom. The Labute approximate surface area is 122 Å². The molecular formula is C18H23NO. The van der Waals surface area contributed by atoms with Crippen LogP contribution in [0, 0.1) is 11.8 Å². The molecule has 0 N–H and O–H groups in total. The molecule has 0 atom stereocenters. The number of nitrogens with zero attached hydrogens (tertiary/aromatic N) is 1. The third kappa shape index (κ3) is 5.09. The van der Waals surface area contributed by atoms with Crippen molar-refractivity contribution in [3.8, 4) is 11.8 Å². The van der Waals surface area contributed by atoms with Crippen molar-refractivity contribution >= 4 is 5.91 Å². The Morgan fingerprint density at radius 2 is 1.90 bits per heavy atom. The van der Waals surface area contributed by atoms with Gasteiger partial charge in [0.05, 0.1) is 0 Å². The summed E-state index contributed by atoms with van der Waals surface area (Å²) < 4.78 is 0. The molecule has 1 aliphatic heterocycles. The standard InChI is InChI=1S/C18H23NO/c20-18-14-8-4-10-16-19(18)15-9-2-1-5-11-17-12-6-3-7-13-17/h3,6-7,12-13H,1-2,4,8-10,14-16H2. The smallest absolute Gasteiger partial charge is 0.222 e. The molecule has 2 rings (SSSR count). The summed E-state index contributed by atoms with van der Waals surface area (Å²) in [4.78, 5) is 13.9. The molecule has 1 aliphatic rings.